The minimum absolute atomic E-state index is 0.124. The first-order valence-electron chi connectivity index (χ1n) is 6.18. The Kier molecular flexibility index (Phi) is 3.30. The molecule has 108 valence electrons. The van der Waals surface area contributed by atoms with E-state index in [1.165, 1.54) is 45.7 Å². The first-order valence-corrected chi connectivity index (χ1v) is 6.99. The van der Waals surface area contributed by atoms with Crippen molar-refractivity contribution >= 4 is 16.3 Å². The highest BCUT2D eigenvalue weighted by Gasteiger charge is 2.08. The van der Waals surface area contributed by atoms with Gasteiger partial charge < -0.3 is 4.74 Å². The number of aryl methyl sites for hydroxylation is 1. The molecule has 3 rings (SSSR count). The minimum Gasteiger partial charge on any atom is -0.480 e. The highest BCUT2D eigenvalue weighted by atomic mass is 32.1. The molecule has 0 aromatic carbocycles. The normalized spacial score (nSPS) is 11.0. The van der Waals surface area contributed by atoms with E-state index >= 15 is 0 Å². The SMILES string of the molecule is COc1ccc(=O)n(Cc2cc(=O)n3cc(C)sc3n2)n1. The van der Waals surface area contributed by atoms with Crippen LogP contribution < -0.4 is 15.9 Å². The summed E-state index contributed by atoms with van der Waals surface area (Å²) in [6.45, 7) is 2.03. The quantitative estimate of drug-likeness (QED) is 0.711. The lowest BCUT2D eigenvalue weighted by atomic mass is 10.4. The summed E-state index contributed by atoms with van der Waals surface area (Å²) >= 11 is 1.42. The maximum atomic E-state index is 12.0. The van der Waals surface area contributed by atoms with Crippen LogP contribution >= 0.6 is 11.3 Å². The van der Waals surface area contributed by atoms with E-state index in [4.69, 9.17) is 4.74 Å². The number of methoxy groups -OCH3 is 1. The topological polar surface area (TPSA) is 78.5 Å². The molecule has 0 N–H and O–H groups in total. The van der Waals surface area contributed by atoms with Gasteiger partial charge in [0.05, 0.1) is 19.3 Å². The average Bonchev–Trinajstić information content (AvgIpc) is 2.82. The predicted octanol–water partition coefficient (Wildman–Crippen LogP) is 0.678. The van der Waals surface area contributed by atoms with Gasteiger partial charge in [-0.05, 0) is 6.92 Å². The van der Waals surface area contributed by atoms with Gasteiger partial charge in [-0.25, -0.2) is 9.67 Å². The third-order valence-electron chi connectivity index (χ3n) is 2.90. The molecule has 0 saturated heterocycles. The molecule has 0 radical (unpaired) electrons. The molecule has 0 spiro atoms. The van der Waals surface area contributed by atoms with Crippen molar-refractivity contribution in [2.45, 2.75) is 13.5 Å². The summed E-state index contributed by atoms with van der Waals surface area (Å²) in [4.78, 5) is 29.8. The lowest BCUT2D eigenvalue weighted by molar-refractivity contribution is 0.378. The standard InChI is InChI=1S/C13H12N4O3S/c1-8-6-16-12(19)5-9(14-13(16)21-8)7-17-11(18)4-3-10(15-17)20-2/h3-6H,7H2,1-2H3. The molecule has 0 aliphatic carbocycles. The zero-order valence-electron chi connectivity index (χ0n) is 11.4. The number of hydrogen-bond acceptors (Lipinski definition) is 6. The van der Waals surface area contributed by atoms with Crippen molar-refractivity contribution in [3.05, 3.63) is 55.7 Å². The summed E-state index contributed by atoms with van der Waals surface area (Å²) in [6, 6.07) is 4.27. The van der Waals surface area contributed by atoms with Gasteiger partial charge in [0.15, 0.2) is 4.96 Å². The Balaban J connectivity index is 2.06. The first kappa shape index (κ1) is 13.5. The second-order valence-electron chi connectivity index (χ2n) is 4.45. The van der Waals surface area contributed by atoms with Crippen LogP contribution in [0.3, 0.4) is 0 Å². The number of rotatable bonds is 3. The fourth-order valence-electron chi connectivity index (χ4n) is 1.95. The van der Waals surface area contributed by atoms with E-state index in [1.807, 2.05) is 6.92 Å². The van der Waals surface area contributed by atoms with Crippen LogP contribution in [0, 0.1) is 6.92 Å². The molecule has 3 heterocycles. The maximum Gasteiger partial charge on any atom is 0.267 e. The summed E-state index contributed by atoms with van der Waals surface area (Å²) in [7, 11) is 1.47. The Labute approximate surface area is 123 Å². The molecule has 0 amide bonds. The molecule has 0 bridgehead atoms. The van der Waals surface area contributed by atoms with E-state index in [0.717, 1.165) is 4.88 Å². The van der Waals surface area contributed by atoms with E-state index < -0.39 is 0 Å². The lowest BCUT2D eigenvalue weighted by Gasteiger charge is -2.05. The molecular formula is C13H12N4O3S. The Morgan fingerprint density at radius 1 is 1.29 bits per heavy atom. The molecule has 0 aliphatic rings. The number of aromatic nitrogens is 4. The van der Waals surface area contributed by atoms with Crippen LogP contribution in [0.15, 0.2) is 34.0 Å². The molecule has 21 heavy (non-hydrogen) atoms. The Hall–Kier alpha value is -2.48. The molecular weight excluding hydrogens is 292 g/mol. The number of hydrogen-bond donors (Lipinski definition) is 0. The van der Waals surface area contributed by atoms with Crippen LogP contribution in [0.4, 0.5) is 0 Å². The number of ether oxygens (including phenoxy) is 1. The van der Waals surface area contributed by atoms with Gasteiger partial charge in [0.25, 0.3) is 11.1 Å². The van der Waals surface area contributed by atoms with Gasteiger partial charge in [-0.1, -0.05) is 0 Å². The molecule has 0 atom stereocenters. The number of thiazole rings is 1. The molecule has 0 aliphatic heterocycles. The smallest absolute Gasteiger partial charge is 0.267 e. The third-order valence-corrected chi connectivity index (χ3v) is 3.80. The number of nitrogens with zero attached hydrogens (tertiary/aromatic N) is 4. The average molecular weight is 304 g/mol. The maximum absolute atomic E-state index is 12.0. The van der Waals surface area contributed by atoms with E-state index in [0.29, 0.717) is 16.5 Å². The predicted molar refractivity (Wildman–Crippen MR) is 78.2 cm³/mol. The first-order chi connectivity index (χ1) is 10.1. The van der Waals surface area contributed by atoms with Gasteiger partial charge in [0, 0.05) is 29.3 Å². The summed E-state index contributed by atoms with van der Waals surface area (Å²) in [5, 5.41) is 4.04. The van der Waals surface area contributed by atoms with Gasteiger partial charge in [-0.2, -0.15) is 0 Å². The molecule has 0 saturated carbocycles. The third kappa shape index (κ3) is 2.57. The zero-order valence-corrected chi connectivity index (χ0v) is 12.3. The van der Waals surface area contributed by atoms with Gasteiger partial charge in [-0.15, -0.1) is 16.4 Å². The van der Waals surface area contributed by atoms with E-state index in [2.05, 4.69) is 10.1 Å². The highest BCUT2D eigenvalue weighted by molar-refractivity contribution is 7.16. The molecule has 8 heteroatoms. The van der Waals surface area contributed by atoms with E-state index in [1.54, 1.807) is 6.20 Å². The second kappa shape index (κ2) is 5.13. The van der Waals surface area contributed by atoms with Crippen molar-refractivity contribution in [1.82, 2.24) is 19.2 Å². The Morgan fingerprint density at radius 3 is 2.86 bits per heavy atom. The Bertz CT molecular complexity index is 925. The Morgan fingerprint density at radius 2 is 2.10 bits per heavy atom. The van der Waals surface area contributed by atoms with E-state index in [-0.39, 0.29) is 17.7 Å². The van der Waals surface area contributed by atoms with Gasteiger partial charge >= 0.3 is 0 Å². The second-order valence-corrected chi connectivity index (χ2v) is 5.66. The van der Waals surface area contributed by atoms with Gasteiger partial charge in [0.1, 0.15) is 0 Å². The van der Waals surface area contributed by atoms with Crippen LogP contribution in [0.1, 0.15) is 10.6 Å². The summed E-state index contributed by atoms with van der Waals surface area (Å²) in [6.07, 6.45) is 1.75. The van der Waals surface area contributed by atoms with E-state index in [9.17, 15) is 9.59 Å². The summed E-state index contributed by atoms with van der Waals surface area (Å²) in [5.74, 6) is 0.333. The minimum atomic E-state index is -0.278. The van der Waals surface area contributed by atoms with Crippen molar-refractivity contribution in [3.8, 4) is 5.88 Å². The zero-order chi connectivity index (χ0) is 15.0. The monoisotopic (exact) mass is 304 g/mol. The molecule has 0 fully saturated rings. The summed E-state index contributed by atoms with van der Waals surface area (Å²) in [5.41, 5.74) is 0.0418. The molecule has 7 nitrogen and oxygen atoms in total. The van der Waals surface area contributed by atoms with Crippen LogP contribution in [-0.4, -0.2) is 26.3 Å². The molecule has 3 aromatic heterocycles. The van der Waals surface area contributed by atoms with Crippen LogP contribution in [0.5, 0.6) is 5.88 Å². The van der Waals surface area contributed by atoms with Crippen molar-refractivity contribution in [3.63, 3.8) is 0 Å². The fourth-order valence-corrected chi connectivity index (χ4v) is 2.80. The van der Waals surface area contributed by atoms with Crippen molar-refractivity contribution in [2.24, 2.45) is 0 Å². The van der Waals surface area contributed by atoms with Gasteiger partial charge in [-0.3, -0.25) is 14.0 Å². The van der Waals surface area contributed by atoms with Crippen molar-refractivity contribution in [2.75, 3.05) is 7.11 Å². The van der Waals surface area contributed by atoms with Crippen molar-refractivity contribution in [1.29, 1.82) is 0 Å². The van der Waals surface area contributed by atoms with Crippen LogP contribution in [0.2, 0.25) is 0 Å². The molecule has 3 aromatic rings. The fraction of sp³-hybridized carbons (Fsp3) is 0.231. The summed E-state index contributed by atoms with van der Waals surface area (Å²) < 4.78 is 7.70. The van der Waals surface area contributed by atoms with Gasteiger partial charge in [0.2, 0.25) is 5.88 Å². The lowest BCUT2D eigenvalue weighted by Crippen LogP contribution is -2.24. The van der Waals surface area contributed by atoms with Crippen LogP contribution in [-0.2, 0) is 6.54 Å². The highest BCUT2D eigenvalue weighted by Crippen LogP contribution is 2.13. The number of fused-ring (bicyclic) bond motifs is 1. The van der Waals surface area contributed by atoms with Crippen LogP contribution in [0.25, 0.3) is 4.96 Å². The molecule has 0 unspecified atom stereocenters. The van der Waals surface area contributed by atoms with Crippen molar-refractivity contribution < 1.29 is 4.74 Å². The largest absolute Gasteiger partial charge is 0.480 e.